The highest BCUT2D eigenvalue weighted by Gasteiger charge is 2.25. The van der Waals surface area contributed by atoms with Crippen molar-refractivity contribution < 1.29 is 0 Å². The lowest BCUT2D eigenvalue weighted by Gasteiger charge is -2.32. The van der Waals surface area contributed by atoms with E-state index in [1.165, 1.54) is 57.8 Å². The van der Waals surface area contributed by atoms with Gasteiger partial charge in [0.05, 0.1) is 0 Å². The van der Waals surface area contributed by atoms with E-state index in [9.17, 15) is 0 Å². The summed E-state index contributed by atoms with van der Waals surface area (Å²) in [7, 11) is 17.3. The molecule has 4 heteroatoms. The third-order valence-corrected chi connectivity index (χ3v) is 7.28. The Morgan fingerprint density at radius 1 is 0.588 bits per heavy atom. The van der Waals surface area contributed by atoms with Gasteiger partial charge in [0.2, 0.25) is 0 Å². The lowest BCUT2D eigenvalue weighted by molar-refractivity contribution is 0.506. The number of hydrogen-bond donors (Lipinski definition) is 0. The first-order valence-electron chi connectivity index (χ1n) is 12.8. The van der Waals surface area contributed by atoms with Gasteiger partial charge in [-0.15, -0.1) is 0 Å². The largest absolute Gasteiger partial charge is 0.377 e. The predicted molar refractivity (Wildman–Crippen MR) is 155 cm³/mol. The normalized spacial score (nSPS) is 11.5. The van der Waals surface area contributed by atoms with Crippen molar-refractivity contribution in [2.45, 2.75) is 65.2 Å². The average Bonchev–Trinajstić information content (AvgIpc) is 2.75. The molecule has 0 saturated heterocycles. The van der Waals surface area contributed by atoms with Gasteiger partial charge in [-0.2, -0.15) is 0 Å². The minimum absolute atomic E-state index is 0.154. The van der Waals surface area contributed by atoms with Crippen molar-refractivity contribution in [3.8, 4) is 0 Å². The summed E-state index contributed by atoms with van der Waals surface area (Å²) in [5.74, 6) is 0. The molecule has 0 aliphatic carbocycles. The Hall–Kier alpha value is -2.36. The van der Waals surface area contributed by atoms with Crippen LogP contribution in [0.5, 0.6) is 0 Å². The number of anilines is 4. The molecule has 0 unspecified atom stereocenters. The molecule has 0 bridgehead atoms. The summed E-state index contributed by atoms with van der Waals surface area (Å²) in [6.45, 7) is 9.22. The number of aryl methyl sites for hydroxylation is 3. The van der Waals surface area contributed by atoms with Crippen molar-refractivity contribution in [2.24, 2.45) is 0 Å². The van der Waals surface area contributed by atoms with Gasteiger partial charge in [-0.3, -0.25) is 0 Å². The molecule has 0 N–H and O–H groups in total. The van der Waals surface area contributed by atoms with Crippen LogP contribution in [0.1, 0.15) is 62.3 Å². The predicted octanol–water partition coefficient (Wildman–Crippen LogP) is 6.51. The van der Waals surface area contributed by atoms with E-state index in [0.29, 0.717) is 0 Å². The van der Waals surface area contributed by atoms with E-state index in [1.54, 1.807) is 0 Å². The maximum absolute atomic E-state index is 2.45. The van der Waals surface area contributed by atoms with Crippen LogP contribution in [0.2, 0.25) is 0 Å². The zero-order valence-electron chi connectivity index (χ0n) is 24.1. The molecule has 190 valence electrons. The van der Waals surface area contributed by atoms with Crippen LogP contribution in [0.4, 0.5) is 22.7 Å². The molecule has 0 aromatic heterocycles. The molecule has 0 aliphatic rings. The quantitative estimate of drug-likeness (QED) is 0.350. The van der Waals surface area contributed by atoms with Crippen LogP contribution in [-0.4, -0.2) is 56.4 Å². The summed E-state index contributed by atoms with van der Waals surface area (Å²) in [5, 5.41) is 0. The monoisotopic (exact) mass is 466 g/mol. The Kier molecular flexibility index (Phi) is 9.33. The maximum Gasteiger partial charge on any atom is 0.0403 e. The third-order valence-electron chi connectivity index (χ3n) is 7.28. The molecule has 4 nitrogen and oxygen atoms in total. The van der Waals surface area contributed by atoms with Crippen molar-refractivity contribution in [1.29, 1.82) is 0 Å². The fourth-order valence-corrected chi connectivity index (χ4v) is 4.79. The van der Waals surface area contributed by atoms with Gasteiger partial charge in [-0.05, 0) is 91.0 Å². The van der Waals surface area contributed by atoms with Crippen LogP contribution in [0.15, 0.2) is 24.3 Å². The van der Waals surface area contributed by atoms with Crippen molar-refractivity contribution in [3.05, 3.63) is 46.5 Å². The summed E-state index contributed by atoms with van der Waals surface area (Å²) in [6.07, 6.45) is 5.70. The van der Waals surface area contributed by atoms with Crippen LogP contribution < -0.4 is 19.6 Å². The Labute approximate surface area is 210 Å². The van der Waals surface area contributed by atoms with E-state index >= 15 is 0 Å². The minimum Gasteiger partial charge on any atom is -0.377 e. The van der Waals surface area contributed by atoms with Gasteiger partial charge < -0.3 is 19.6 Å². The molecule has 0 atom stereocenters. The summed E-state index contributed by atoms with van der Waals surface area (Å²) in [6, 6.07) is 9.62. The molecule has 2 aromatic carbocycles. The van der Waals surface area contributed by atoms with Gasteiger partial charge in [0, 0.05) is 79.1 Å². The molecule has 2 aromatic rings. The highest BCUT2D eigenvalue weighted by molar-refractivity contribution is 5.68. The Balaban J connectivity index is 2.28. The number of nitrogens with zero attached hydrogens (tertiary/aromatic N) is 4. The molecule has 0 heterocycles. The molecule has 0 spiro atoms. The molecular weight excluding hydrogens is 416 g/mol. The smallest absolute Gasteiger partial charge is 0.0403 e. The number of rotatable bonds is 11. The van der Waals surface area contributed by atoms with Gasteiger partial charge in [-0.25, -0.2) is 0 Å². The van der Waals surface area contributed by atoms with E-state index in [0.717, 1.165) is 19.3 Å². The van der Waals surface area contributed by atoms with E-state index in [1.807, 2.05) is 0 Å². The van der Waals surface area contributed by atoms with Crippen LogP contribution in [0.3, 0.4) is 0 Å². The fourth-order valence-electron chi connectivity index (χ4n) is 4.79. The van der Waals surface area contributed by atoms with Crippen LogP contribution in [-0.2, 0) is 18.3 Å². The molecule has 0 amide bonds. The van der Waals surface area contributed by atoms with Crippen LogP contribution >= 0.6 is 0 Å². The molecule has 2 rings (SSSR count). The van der Waals surface area contributed by atoms with Gasteiger partial charge in [-0.1, -0.05) is 20.8 Å². The van der Waals surface area contributed by atoms with Crippen molar-refractivity contribution >= 4 is 22.7 Å². The summed E-state index contributed by atoms with van der Waals surface area (Å²) < 4.78 is 0. The lowest BCUT2D eigenvalue weighted by atomic mass is 9.80. The van der Waals surface area contributed by atoms with E-state index in [2.05, 4.69) is 128 Å². The highest BCUT2D eigenvalue weighted by atomic mass is 15.1. The van der Waals surface area contributed by atoms with Gasteiger partial charge >= 0.3 is 0 Å². The number of unbranched alkanes of at least 4 members (excludes halogenated alkanes) is 1. The second-order valence-electron chi connectivity index (χ2n) is 11.3. The molecule has 0 fully saturated rings. The number of benzene rings is 2. The second-order valence-corrected chi connectivity index (χ2v) is 11.3. The minimum atomic E-state index is 0.154. The highest BCUT2D eigenvalue weighted by Crippen LogP contribution is 2.39. The Morgan fingerprint density at radius 2 is 1.00 bits per heavy atom. The van der Waals surface area contributed by atoms with Gasteiger partial charge in [0.25, 0.3) is 0 Å². The lowest BCUT2D eigenvalue weighted by Crippen LogP contribution is -2.23. The SMILES string of the molecule is CCC(C)(C)c1cc(N(C)C)c(CCCCc2cc(N(C)C)c(C)cc2N(C)C)cc1N(C)C. The van der Waals surface area contributed by atoms with Crippen LogP contribution in [0, 0.1) is 6.92 Å². The first-order valence-corrected chi connectivity index (χ1v) is 12.8. The Bertz CT molecular complexity index is 955. The third kappa shape index (κ3) is 6.40. The van der Waals surface area contributed by atoms with Crippen molar-refractivity contribution in [2.75, 3.05) is 76.0 Å². The first-order chi connectivity index (χ1) is 15.8. The first kappa shape index (κ1) is 27.9. The molecular formula is C30H50N4. The number of hydrogen-bond acceptors (Lipinski definition) is 4. The summed E-state index contributed by atoms with van der Waals surface area (Å²) in [5.41, 5.74) is 11.2. The van der Waals surface area contributed by atoms with Crippen molar-refractivity contribution in [1.82, 2.24) is 0 Å². The van der Waals surface area contributed by atoms with E-state index in [-0.39, 0.29) is 5.41 Å². The summed E-state index contributed by atoms with van der Waals surface area (Å²) in [4.78, 5) is 9.05. The standard InChI is InChI=1S/C30H50N4/c1-13-30(3,4)25-21-28(33(9)10)24(20-29(25)34(11)12)17-15-14-16-23-19-26(31(5)6)22(2)18-27(23)32(7)8/h18-21H,13-17H2,1-12H3. The second kappa shape index (κ2) is 11.4. The zero-order chi connectivity index (χ0) is 25.8. The van der Waals surface area contributed by atoms with Crippen LogP contribution in [0.25, 0.3) is 0 Å². The summed E-state index contributed by atoms with van der Waals surface area (Å²) >= 11 is 0. The fraction of sp³-hybridized carbons (Fsp3) is 0.600. The van der Waals surface area contributed by atoms with Crippen molar-refractivity contribution in [3.63, 3.8) is 0 Å². The van der Waals surface area contributed by atoms with Gasteiger partial charge in [0.15, 0.2) is 0 Å². The molecule has 0 aliphatic heterocycles. The topological polar surface area (TPSA) is 13.0 Å². The average molecular weight is 467 g/mol. The van der Waals surface area contributed by atoms with E-state index in [4.69, 9.17) is 0 Å². The maximum atomic E-state index is 2.45. The molecule has 34 heavy (non-hydrogen) atoms. The zero-order valence-corrected chi connectivity index (χ0v) is 24.1. The Morgan fingerprint density at radius 3 is 1.41 bits per heavy atom. The van der Waals surface area contributed by atoms with Gasteiger partial charge in [0.1, 0.15) is 0 Å². The molecule has 0 radical (unpaired) electrons. The molecule has 0 saturated carbocycles. The van der Waals surface area contributed by atoms with E-state index < -0.39 is 0 Å².